The van der Waals surface area contributed by atoms with Crippen LogP contribution >= 0.6 is 83.9 Å². The third-order valence-electron chi connectivity index (χ3n) is 11.5. The number of allylic oxidation sites excluding steroid dienone is 2. The van der Waals surface area contributed by atoms with E-state index in [1.807, 2.05) is 36.4 Å². The van der Waals surface area contributed by atoms with E-state index < -0.39 is 12.2 Å². The normalized spacial score (nSPS) is 16.4. The Hall–Kier alpha value is -1.38. The molecule has 6 N–H and O–H groups in total. The van der Waals surface area contributed by atoms with E-state index >= 15 is 0 Å². The van der Waals surface area contributed by atoms with Crippen molar-refractivity contribution in [3.63, 3.8) is 0 Å². The summed E-state index contributed by atoms with van der Waals surface area (Å²) in [6.07, 6.45) is 12.9. The molecule has 2 saturated heterocycles. The molecule has 17 heteroatoms. The molecule has 63 heavy (non-hydrogen) atoms. The van der Waals surface area contributed by atoms with Gasteiger partial charge in [0.05, 0.1) is 24.6 Å². The summed E-state index contributed by atoms with van der Waals surface area (Å²) >= 11 is 7.39. The number of benzene rings is 2. The molecule has 342 valence electrons. The van der Waals surface area contributed by atoms with Gasteiger partial charge in [0.1, 0.15) is 23.8 Å². The Bertz CT molecular complexity index is 1970. The van der Waals surface area contributed by atoms with E-state index in [1.165, 1.54) is 63.0 Å². The SMILES string of the molecule is CCCCOc1nc(N)c2c(n1)C(C(O)c1ccc(CN3CCCC3)cc1)=CC2.CCCCOc1nc(N)c2c(n1)C(C(O)c1ccc(CN3CCCC3)cc1)=CC2.I.[I][V]([I])[I]. The van der Waals surface area contributed by atoms with Gasteiger partial charge in [-0.1, -0.05) is 87.4 Å². The number of aliphatic hydroxyl groups is 2. The van der Waals surface area contributed by atoms with Gasteiger partial charge >= 0.3 is 76.9 Å². The number of unbranched alkanes of at least 4 members (excludes halogenated alkanes) is 2. The fourth-order valence-electron chi connectivity index (χ4n) is 8.05. The van der Waals surface area contributed by atoms with Crippen LogP contribution in [0.5, 0.6) is 12.0 Å². The van der Waals surface area contributed by atoms with E-state index in [4.69, 9.17) is 20.9 Å². The molecule has 0 amide bonds. The fourth-order valence-corrected chi connectivity index (χ4v) is 8.05. The molecule has 4 heterocycles. The van der Waals surface area contributed by atoms with Crippen molar-refractivity contribution in [2.75, 3.05) is 50.9 Å². The van der Waals surface area contributed by atoms with Crippen LogP contribution < -0.4 is 20.9 Å². The number of fused-ring (bicyclic) bond motifs is 2. The first-order valence-corrected chi connectivity index (χ1v) is 35.3. The first-order valence-electron chi connectivity index (χ1n) is 21.8. The van der Waals surface area contributed by atoms with Crippen molar-refractivity contribution in [3.05, 3.63) is 105 Å². The number of nitrogen functional groups attached to an aromatic ring is 2. The van der Waals surface area contributed by atoms with Gasteiger partial charge < -0.3 is 31.2 Å². The number of rotatable bonds is 16. The number of hydrogen-bond acceptors (Lipinski definition) is 12. The number of likely N-dealkylation sites (tertiary alicyclic amines) is 2. The van der Waals surface area contributed by atoms with Crippen molar-refractivity contribution < 1.29 is 24.6 Å². The quantitative estimate of drug-likeness (QED) is 0.0620. The molecule has 0 saturated carbocycles. The molecule has 4 aliphatic rings. The van der Waals surface area contributed by atoms with E-state index in [1.54, 1.807) is 0 Å². The van der Waals surface area contributed by atoms with Gasteiger partial charge in [-0.25, -0.2) is 0 Å². The molecule has 2 aliphatic carbocycles. The molecule has 12 nitrogen and oxygen atoms in total. The fraction of sp³-hybridized carbons (Fsp3) is 0.478. The number of hydrogen-bond donors (Lipinski definition) is 4. The predicted molar refractivity (Wildman–Crippen MR) is 286 cm³/mol. The molecular formula is C46H61I4N8O4V. The molecule has 2 aromatic heterocycles. The van der Waals surface area contributed by atoms with Gasteiger partial charge in [-0.2, -0.15) is 19.9 Å². The van der Waals surface area contributed by atoms with Crippen LogP contribution in [0.1, 0.15) is 122 Å². The predicted octanol–water partition coefficient (Wildman–Crippen LogP) is 10.3. The summed E-state index contributed by atoms with van der Waals surface area (Å²) in [6, 6.07) is 17.1. The van der Waals surface area contributed by atoms with Gasteiger partial charge in [-0.3, -0.25) is 9.80 Å². The summed E-state index contributed by atoms with van der Waals surface area (Å²) in [5.74, 6) is 0.863. The third kappa shape index (κ3) is 15.3. The number of aromatic nitrogens is 4. The molecule has 2 atom stereocenters. The van der Waals surface area contributed by atoms with Crippen LogP contribution in [-0.4, -0.2) is 79.3 Å². The summed E-state index contributed by atoms with van der Waals surface area (Å²) < 4.78 is 11.3. The minimum atomic E-state index is -0.741. The molecule has 2 aliphatic heterocycles. The zero-order valence-corrected chi connectivity index (χ0v) is 46.4. The number of anilines is 2. The first-order chi connectivity index (χ1) is 30.0. The third-order valence-corrected chi connectivity index (χ3v) is 11.5. The second-order valence-electron chi connectivity index (χ2n) is 16.0. The van der Waals surface area contributed by atoms with Crippen LogP contribution in [0, 0.1) is 0 Å². The Morgan fingerprint density at radius 2 is 0.968 bits per heavy atom. The van der Waals surface area contributed by atoms with Gasteiger partial charge in [-0.15, -0.1) is 24.0 Å². The van der Waals surface area contributed by atoms with Gasteiger partial charge in [0, 0.05) is 35.4 Å². The van der Waals surface area contributed by atoms with Crippen molar-refractivity contribution in [1.29, 1.82) is 0 Å². The van der Waals surface area contributed by atoms with Crippen LogP contribution in [0.3, 0.4) is 0 Å². The zero-order valence-electron chi connectivity index (χ0n) is 36.2. The zero-order chi connectivity index (χ0) is 44.0. The molecule has 0 bridgehead atoms. The average molecular weight is 1350 g/mol. The van der Waals surface area contributed by atoms with Crippen LogP contribution in [0.25, 0.3) is 11.1 Å². The van der Waals surface area contributed by atoms with Crippen molar-refractivity contribution in [1.82, 2.24) is 29.7 Å². The van der Waals surface area contributed by atoms with E-state index in [9.17, 15) is 10.2 Å². The molecule has 0 radical (unpaired) electrons. The van der Waals surface area contributed by atoms with E-state index in [2.05, 4.69) is 128 Å². The summed E-state index contributed by atoms with van der Waals surface area (Å²) in [5.41, 5.74) is 21.2. The van der Waals surface area contributed by atoms with Crippen molar-refractivity contribution in [3.8, 4) is 12.0 Å². The molecule has 0 spiro atoms. The maximum atomic E-state index is 11.0. The molecule has 4 aromatic rings. The molecule has 2 aromatic carbocycles. The number of halogens is 4. The van der Waals surface area contributed by atoms with Gasteiger partial charge in [0.25, 0.3) is 0 Å². The Labute approximate surface area is 428 Å². The van der Waals surface area contributed by atoms with Crippen LogP contribution in [-0.2, 0) is 30.9 Å². The standard InChI is InChI=1S/2C23H30N4O2.4HI.V/c2*1-2-3-14-29-23-25-20-18(10-11-19(20)22(24)26-23)21(28)17-8-6-16(7-9-17)15-27-12-4-5-13-27;;;;;/h2*6-10,21,28H,2-5,11-15H2,1H3,(H2,24,25,26);4*1H;/q;;;;;;+3/p-3. The van der Waals surface area contributed by atoms with Gasteiger partial charge in [-0.05, 0) is 99.8 Å². The topological polar surface area (TPSA) is 169 Å². The summed E-state index contributed by atoms with van der Waals surface area (Å²) in [7, 11) is 0. The maximum absolute atomic E-state index is 11.0. The second kappa shape index (κ2) is 26.8. The summed E-state index contributed by atoms with van der Waals surface area (Å²) in [5, 5.41) is 22.0. The molecule has 8 rings (SSSR count). The van der Waals surface area contributed by atoms with Gasteiger partial charge in [0.2, 0.25) is 0 Å². The first kappa shape index (κ1) is 52.6. The average Bonchev–Trinajstić information content (AvgIpc) is 4.10. The summed E-state index contributed by atoms with van der Waals surface area (Å²) in [6.45, 7) is 12.0. The van der Waals surface area contributed by atoms with Gasteiger partial charge in [0.15, 0.2) is 0 Å². The molecular weight excluding hydrogens is 1290 g/mol. The summed E-state index contributed by atoms with van der Waals surface area (Å²) in [4.78, 5) is 22.3. The van der Waals surface area contributed by atoms with Crippen molar-refractivity contribution in [2.24, 2.45) is 0 Å². The molecule has 2 unspecified atom stereocenters. The molecule has 2 fully saturated rings. The van der Waals surface area contributed by atoms with E-state index in [0.717, 1.165) is 72.2 Å². The number of ether oxygens (including phenoxy) is 2. The van der Waals surface area contributed by atoms with Crippen LogP contribution in [0.4, 0.5) is 11.6 Å². The minimum absolute atomic E-state index is 0. The number of nitrogens with zero attached hydrogens (tertiary/aromatic N) is 6. The Kier molecular flexibility index (Phi) is 22.4. The van der Waals surface area contributed by atoms with Crippen LogP contribution in [0.15, 0.2) is 60.7 Å². The van der Waals surface area contributed by atoms with Crippen LogP contribution in [0.2, 0.25) is 0 Å². The monoisotopic (exact) mass is 1350 g/mol. The number of nitrogens with two attached hydrogens (primary N) is 2. The van der Waals surface area contributed by atoms with Crippen molar-refractivity contribution >= 4 is 107 Å². The number of aliphatic hydroxyl groups excluding tert-OH is 2. The second-order valence-corrected chi connectivity index (χ2v) is 51.4. The van der Waals surface area contributed by atoms with Crippen molar-refractivity contribution in [2.45, 2.75) is 103 Å². The Morgan fingerprint density at radius 1 is 0.619 bits per heavy atom. The Morgan fingerprint density at radius 3 is 1.30 bits per heavy atom. The Balaban J connectivity index is 0.000000216. The van der Waals surface area contributed by atoms with E-state index in [-0.39, 0.29) is 40.9 Å². The van der Waals surface area contributed by atoms with E-state index in [0.29, 0.717) is 49.1 Å².